The molecule has 0 fully saturated rings. The van der Waals surface area contributed by atoms with Crippen molar-refractivity contribution in [2.75, 3.05) is 17.7 Å². The van der Waals surface area contributed by atoms with E-state index in [1.54, 1.807) is 35.3 Å². The van der Waals surface area contributed by atoms with Crippen molar-refractivity contribution >= 4 is 17.4 Å². The van der Waals surface area contributed by atoms with Crippen LogP contribution in [0.3, 0.4) is 0 Å². The van der Waals surface area contributed by atoms with Gasteiger partial charge in [0.2, 0.25) is 0 Å². The highest BCUT2D eigenvalue weighted by atomic mass is 16.5. The van der Waals surface area contributed by atoms with E-state index in [2.05, 4.69) is 31.1 Å². The third-order valence-electron chi connectivity index (χ3n) is 5.03. The number of benzene rings is 1. The van der Waals surface area contributed by atoms with Crippen molar-refractivity contribution in [3.63, 3.8) is 0 Å². The third kappa shape index (κ3) is 4.36. The number of aryl methyl sites for hydroxylation is 1. The van der Waals surface area contributed by atoms with E-state index in [9.17, 15) is 4.79 Å². The van der Waals surface area contributed by atoms with Crippen molar-refractivity contribution in [3.8, 4) is 16.9 Å². The Hall–Kier alpha value is -4.01. The Labute approximate surface area is 185 Å². The molecule has 0 aliphatic heterocycles. The van der Waals surface area contributed by atoms with Crippen LogP contribution < -0.4 is 10.6 Å². The maximum absolute atomic E-state index is 12.8. The first-order valence-corrected chi connectivity index (χ1v) is 10.2. The fraction of sp³-hybridized carbons (Fsp3) is 0.261. The monoisotopic (exact) mass is 431 g/mol. The van der Waals surface area contributed by atoms with Gasteiger partial charge in [0, 0.05) is 42.0 Å². The Morgan fingerprint density at radius 3 is 2.66 bits per heavy atom. The summed E-state index contributed by atoms with van der Waals surface area (Å²) in [7, 11) is 1.83. The molecule has 4 rings (SSSR count). The first-order valence-electron chi connectivity index (χ1n) is 10.2. The van der Waals surface area contributed by atoms with E-state index >= 15 is 0 Å². The van der Waals surface area contributed by atoms with E-state index in [-0.39, 0.29) is 11.3 Å². The van der Waals surface area contributed by atoms with E-state index in [0.717, 1.165) is 22.5 Å². The summed E-state index contributed by atoms with van der Waals surface area (Å²) in [4.78, 5) is 17.0. The Morgan fingerprint density at radius 1 is 1.12 bits per heavy atom. The van der Waals surface area contributed by atoms with Crippen LogP contribution in [0.5, 0.6) is 0 Å². The molecule has 3 aromatic heterocycles. The zero-order valence-electron chi connectivity index (χ0n) is 18.7. The highest BCUT2D eigenvalue weighted by molar-refractivity contribution is 6.04. The summed E-state index contributed by atoms with van der Waals surface area (Å²) in [6.45, 7) is 8.00. The van der Waals surface area contributed by atoms with Crippen LogP contribution in [0.4, 0.5) is 11.5 Å². The maximum atomic E-state index is 12.8. The minimum Gasteiger partial charge on any atom is -0.387 e. The molecule has 2 N–H and O–H groups in total. The number of amides is 1. The summed E-state index contributed by atoms with van der Waals surface area (Å²) in [6.07, 6.45) is 5.28. The molecule has 164 valence electrons. The lowest BCUT2D eigenvalue weighted by Gasteiger charge is -2.12. The largest absolute Gasteiger partial charge is 0.387 e. The van der Waals surface area contributed by atoms with Gasteiger partial charge in [0.1, 0.15) is 11.5 Å². The fourth-order valence-electron chi connectivity index (χ4n) is 3.10. The van der Waals surface area contributed by atoms with Crippen molar-refractivity contribution in [3.05, 3.63) is 65.8 Å². The molecule has 4 aromatic rings. The SMILES string of the molecule is CNc1cncc(-c2cn(-c3cc(C(=O)Nc4cc(C(C)(C)C)on4)ccc3C)nn2)c1. The van der Waals surface area contributed by atoms with Gasteiger partial charge in [-0.1, -0.05) is 37.2 Å². The van der Waals surface area contributed by atoms with Gasteiger partial charge in [-0.05, 0) is 30.7 Å². The van der Waals surface area contributed by atoms with E-state index in [4.69, 9.17) is 4.52 Å². The molecule has 0 radical (unpaired) electrons. The van der Waals surface area contributed by atoms with Crippen LogP contribution in [0.1, 0.15) is 42.5 Å². The molecule has 0 aliphatic carbocycles. The molecule has 0 atom stereocenters. The molecule has 1 amide bonds. The van der Waals surface area contributed by atoms with Crippen LogP contribution in [0, 0.1) is 6.92 Å². The average Bonchev–Trinajstić information content (AvgIpc) is 3.44. The van der Waals surface area contributed by atoms with Gasteiger partial charge in [0.05, 0.1) is 17.6 Å². The second-order valence-electron chi connectivity index (χ2n) is 8.54. The molecule has 9 nitrogen and oxygen atoms in total. The number of hydrogen-bond donors (Lipinski definition) is 2. The van der Waals surface area contributed by atoms with Crippen LogP contribution >= 0.6 is 0 Å². The smallest absolute Gasteiger partial charge is 0.256 e. The number of nitrogens with one attached hydrogen (secondary N) is 2. The Morgan fingerprint density at radius 2 is 1.94 bits per heavy atom. The third-order valence-corrected chi connectivity index (χ3v) is 5.03. The Balaban J connectivity index is 1.58. The number of hydrogen-bond acceptors (Lipinski definition) is 7. The maximum Gasteiger partial charge on any atom is 0.256 e. The minimum absolute atomic E-state index is 0.194. The van der Waals surface area contributed by atoms with Gasteiger partial charge in [-0.2, -0.15) is 0 Å². The minimum atomic E-state index is -0.286. The molecule has 1 aromatic carbocycles. The van der Waals surface area contributed by atoms with Crippen LogP contribution in [0.25, 0.3) is 16.9 Å². The van der Waals surface area contributed by atoms with Gasteiger partial charge >= 0.3 is 0 Å². The summed E-state index contributed by atoms with van der Waals surface area (Å²) < 4.78 is 7.00. The summed E-state index contributed by atoms with van der Waals surface area (Å²) in [5.41, 5.74) is 4.40. The molecule has 0 spiro atoms. The normalized spacial score (nSPS) is 11.4. The zero-order valence-corrected chi connectivity index (χ0v) is 18.7. The van der Waals surface area contributed by atoms with Gasteiger partial charge in [-0.15, -0.1) is 5.10 Å². The Kier molecular flexibility index (Phi) is 5.48. The quantitative estimate of drug-likeness (QED) is 0.487. The van der Waals surface area contributed by atoms with Crippen molar-refractivity contribution in [1.29, 1.82) is 0 Å². The van der Waals surface area contributed by atoms with E-state index < -0.39 is 0 Å². The number of aromatic nitrogens is 5. The van der Waals surface area contributed by atoms with Crippen LogP contribution in [0.15, 0.2) is 53.4 Å². The van der Waals surface area contributed by atoms with Crippen LogP contribution in [0.2, 0.25) is 0 Å². The summed E-state index contributed by atoms with van der Waals surface area (Å²) >= 11 is 0. The lowest BCUT2D eigenvalue weighted by Crippen LogP contribution is -2.13. The topological polar surface area (TPSA) is 111 Å². The number of nitrogens with zero attached hydrogens (tertiary/aromatic N) is 5. The highest BCUT2D eigenvalue weighted by Gasteiger charge is 2.21. The van der Waals surface area contributed by atoms with Crippen molar-refractivity contribution in [2.24, 2.45) is 0 Å². The second kappa shape index (κ2) is 8.26. The first kappa shape index (κ1) is 21.2. The molecule has 0 bridgehead atoms. The molecule has 32 heavy (non-hydrogen) atoms. The van der Waals surface area contributed by atoms with Crippen molar-refractivity contribution in [1.82, 2.24) is 25.1 Å². The molecule has 0 saturated carbocycles. The Bertz CT molecular complexity index is 1270. The average molecular weight is 432 g/mol. The molecule has 0 saturated heterocycles. The number of rotatable bonds is 5. The van der Waals surface area contributed by atoms with Gasteiger partial charge < -0.3 is 15.2 Å². The molecule has 0 unspecified atom stereocenters. The molecule has 9 heteroatoms. The first-order chi connectivity index (χ1) is 15.2. The van der Waals surface area contributed by atoms with Crippen LogP contribution in [-0.2, 0) is 5.41 Å². The number of carbonyl (C=O) groups excluding carboxylic acids is 1. The lowest BCUT2D eigenvalue weighted by atomic mass is 9.93. The fourth-order valence-corrected chi connectivity index (χ4v) is 3.10. The van der Waals surface area contributed by atoms with Crippen molar-refractivity contribution in [2.45, 2.75) is 33.1 Å². The second-order valence-corrected chi connectivity index (χ2v) is 8.54. The van der Waals surface area contributed by atoms with Gasteiger partial charge in [0.15, 0.2) is 5.82 Å². The van der Waals surface area contributed by atoms with Gasteiger partial charge in [-0.3, -0.25) is 9.78 Å². The van der Waals surface area contributed by atoms with Crippen LogP contribution in [-0.4, -0.2) is 38.1 Å². The lowest BCUT2D eigenvalue weighted by molar-refractivity contribution is 0.102. The number of anilines is 2. The van der Waals surface area contributed by atoms with E-state index in [1.807, 2.05) is 53.1 Å². The number of pyridine rings is 1. The summed E-state index contributed by atoms with van der Waals surface area (Å²) in [5, 5.41) is 18.3. The standard InChI is InChI=1S/C23H25N7O2/c1-14-6-7-15(22(31)26-21-10-20(32-28-21)23(2,3)4)9-19(14)30-13-18(27-29-30)16-8-17(24-5)12-25-11-16/h6-13,24H,1-5H3,(H,26,28,31). The molecule has 0 aliphatic rings. The predicted octanol–water partition coefficient (Wildman–Crippen LogP) is 4.22. The highest BCUT2D eigenvalue weighted by Crippen LogP contribution is 2.25. The summed E-state index contributed by atoms with van der Waals surface area (Å²) in [5.74, 6) is 0.789. The summed E-state index contributed by atoms with van der Waals surface area (Å²) in [6, 6.07) is 9.09. The van der Waals surface area contributed by atoms with Gasteiger partial charge in [-0.25, -0.2) is 4.68 Å². The molecular weight excluding hydrogens is 406 g/mol. The molecule has 3 heterocycles. The predicted molar refractivity (Wildman–Crippen MR) is 122 cm³/mol. The zero-order chi connectivity index (χ0) is 22.9. The van der Waals surface area contributed by atoms with E-state index in [0.29, 0.717) is 22.8 Å². The molecular formula is C23H25N7O2. The van der Waals surface area contributed by atoms with E-state index in [1.165, 1.54) is 0 Å². The van der Waals surface area contributed by atoms with Crippen molar-refractivity contribution < 1.29 is 9.32 Å². The van der Waals surface area contributed by atoms with Gasteiger partial charge in [0.25, 0.3) is 5.91 Å². The number of carbonyl (C=O) groups is 1.